The highest BCUT2D eigenvalue weighted by Crippen LogP contribution is 2.67. The van der Waals surface area contributed by atoms with Crippen LogP contribution in [-0.4, -0.2) is 160 Å². The monoisotopic (exact) mass is 941 g/mol. The van der Waals surface area contributed by atoms with Gasteiger partial charge in [0.2, 0.25) is 0 Å². The SMILES string of the molecule is CCN(CC)CC.CCN(CC)CC.CONc1ccn([C@@H]2O[C@H](COP(=O)(O)OP(=O)(O)OP(=O)(O)OC[C@H]3O[C@@H](n4ccc(=O)[nH]c4=O)[C@H](O)[C@@H]3O)[C@@H](O)[C@H]2O)c(=O)n1. The van der Waals surface area contributed by atoms with Crippen molar-refractivity contribution in [3.05, 3.63) is 55.8 Å². The number of nitrogens with one attached hydrogen (secondary N) is 2. The first-order valence-electron chi connectivity index (χ1n) is 18.9. The number of aliphatic hydroxyl groups is 4. The lowest BCUT2D eigenvalue weighted by atomic mass is 10.1. The van der Waals surface area contributed by atoms with Gasteiger partial charge in [-0.2, -0.15) is 13.6 Å². The summed E-state index contributed by atoms with van der Waals surface area (Å²) < 4.78 is 65.7. The molecule has 2 aliphatic rings. The van der Waals surface area contributed by atoms with Gasteiger partial charge in [0, 0.05) is 18.5 Å². The van der Waals surface area contributed by atoms with E-state index in [9.17, 15) is 63.2 Å². The predicted molar refractivity (Wildman–Crippen MR) is 213 cm³/mol. The molecule has 0 aromatic carbocycles. The number of hydrogen-bond acceptors (Lipinski definition) is 21. The Hall–Kier alpha value is -2.59. The molecule has 352 valence electrons. The lowest BCUT2D eigenvalue weighted by molar-refractivity contribution is -0.0548. The van der Waals surface area contributed by atoms with Crippen molar-refractivity contribution in [1.29, 1.82) is 0 Å². The Labute approximate surface area is 350 Å². The summed E-state index contributed by atoms with van der Waals surface area (Å²) in [6.45, 7) is 18.0. The van der Waals surface area contributed by atoms with E-state index < -0.39 is 103 Å². The molecule has 2 aromatic heterocycles. The molecule has 2 aromatic rings. The minimum atomic E-state index is -5.99. The second kappa shape index (κ2) is 25.0. The number of H-pyrrole nitrogens is 1. The predicted octanol–water partition coefficient (Wildman–Crippen LogP) is -0.931. The zero-order chi connectivity index (χ0) is 46.3. The summed E-state index contributed by atoms with van der Waals surface area (Å²) >= 11 is 0. The van der Waals surface area contributed by atoms with E-state index in [0.717, 1.165) is 23.0 Å². The summed E-state index contributed by atoms with van der Waals surface area (Å²) in [6, 6.07) is 2.15. The van der Waals surface area contributed by atoms with Crippen molar-refractivity contribution >= 4 is 29.3 Å². The Morgan fingerprint density at radius 3 is 1.46 bits per heavy atom. The van der Waals surface area contributed by atoms with E-state index in [1.807, 2.05) is 4.98 Å². The van der Waals surface area contributed by atoms with E-state index in [1.165, 1.54) is 52.4 Å². The summed E-state index contributed by atoms with van der Waals surface area (Å²) in [5, 5.41) is 41.0. The van der Waals surface area contributed by atoms with Crippen molar-refractivity contribution in [3.63, 3.8) is 0 Å². The first kappa shape index (κ1) is 54.5. The van der Waals surface area contributed by atoms with Crippen molar-refractivity contribution in [1.82, 2.24) is 28.9 Å². The number of nitrogens with zero attached hydrogens (tertiary/aromatic N) is 5. The average Bonchev–Trinajstić information content (AvgIpc) is 3.63. The van der Waals surface area contributed by atoms with Gasteiger partial charge in [0.1, 0.15) is 36.6 Å². The van der Waals surface area contributed by atoms with E-state index in [4.69, 9.17) is 9.47 Å². The number of aromatic nitrogens is 4. The van der Waals surface area contributed by atoms with Crippen molar-refractivity contribution in [3.8, 4) is 0 Å². The highest BCUT2D eigenvalue weighted by molar-refractivity contribution is 7.66. The van der Waals surface area contributed by atoms with Crippen LogP contribution in [0.15, 0.2) is 38.9 Å². The van der Waals surface area contributed by atoms with Crippen molar-refractivity contribution < 1.29 is 80.8 Å². The zero-order valence-electron chi connectivity index (χ0n) is 34.6. The molecule has 61 heavy (non-hydrogen) atoms. The Kier molecular flexibility index (Phi) is 22.4. The molecule has 2 fully saturated rings. The molecule has 0 spiro atoms. The molecule has 4 heterocycles. The summed E-state index contributed by atoms with van der Waals surface area (Å²) in [6.07, 6.45) is -11.8. The number of aromatic amines is 1. The maximum atomic E-state index is 12.3. The van der Waals surface area contributed by atoms with Crippen LogP contribution < -0.4 is 22.4 Å². The Bertz CT molecular complexity index is 1940. The fourth-order valence-corrected chi connectivity index (χ4v) is 9.11. The smallest absolute Gasteiger partial charge is 0.387 e. The van der Waals surface area contributed by atoms with Gasteiger partial charge < -0.3 is 54.4 Å². The molecule has 11 atom stereocenters. The number of phosphoric acid groups is 3. The Morgan fingerprint density at radius 2 is 1.10 bits per heavy atom. The van der Waals surface area contributed by atoms with Gasteiger partial charge in [-0.1, -0.05) is 41.5 Å². The number of ether oxygens (including phenoxy) is 2. The number of hydrogen-bond donors (Lipinski definition) is 9. The molecule has 9 N–H and O–H groups in total. The fraction of sp³-hybridized carbons (Fsp3) is 0.742. The number of aliphatic hydroxyl groups excluding tert-OH is 4. The third kappa shape index (κ3) is 16.8. The lowest BCUT2D eigenvalue weighted by Gasteiger charge is -2.21. The lowest BCUT2D eigenvalue weighted by Crippen LogP contribution is -2.37. The Balaban J connectivity index is 0.000000784. The van der Waals surface area contributed by atoms with E-state index in [-0.39, 0.29) is 5.82 Å². The fourth-order valence-electron chi connectivity index (χ4n) is 5.59. The Morgan fingerprint density at radius 1 is 0.689 bits per heavy atom. The van der Waals surface area contributed by atoms with Gasteiger partial charge in [-0.25, -0.2) is 28.8 Å². The standard InChI is InChI=1S/C19H28N5O20P3.2C6H15N/c1-38-22-10-2-4-23(18(30)20-10)16-14(28)12(26)8(41-16)6-39-45(32,33)43-47(36,37)44-46(34,35)40-7-9-13(27)15(29)17(42-9)24-5-3-11(25)21-19(24)31;2*1-4-7(5-2)6-3/h2-5,8-9,12-17,26-29H,6-7H2,1H3,(H,32,33)(H,34,35)(H,36,37)(H,20,22,30)(H,21,25,31);2*4-6H2,1-3H3/t8-,9-,12-,13-,14-,15-,16-,17-;;/m1../s1. The molecule has 0 amide bonds. The summed E-state index contributed by atoms with van der Waals surface area (Å²) in [5.41, 5.74) is -0.497. The molecule has 3 unspecified atom stereocenters. The van der Waals surface area contributed by atoms with E-state index >= 15 is 0 Å². The summed E-state index contributed by atoms with van der Waals surface area (Å²) in [4.78, 5) is 79.8. The van der Waals surface area contributed by atoms with E-state index in [2.05, 4.69) is 84.3 Å². The molecule has 30 heteroatoms. The van der Waals surface area contributed by atoms with Crippen LogP contribution in [0.2, 0.25) is 0 Å². The third-order valence-corrected chi connectivity index (χ3v) is 13.3. The molecular weight excluding hydrogens is 883 g/mol. The van der Waals surface area contributed by atoms with Gasteiger partial charge >= 0.3 is 34.8 Å². The summed E-state index contributed by atoms with van der Waals surface area (Å²) in [5.74, 6) is -0.00828. The maximum absolute atomic E-state index is 12.3. The first-order chi connectivity index (χ1) is 28.5. The van der Waals surface area contributed by atoms with Gasteiger partial charge in [0.15, 0.2) is 18.3 Å². The number of phosphoric ester groups is 2. The molecule has 0 bridgehead atoms. The van der Waals surface area contributed by atoms with Gasteiger partial charge in [-0.3, -0.25) is 32.8 Å². The van der Waals surface area contributed by atoms with Crippen LogP contribution in [0.1, 0.15) is 54.0 Å². The van der Waals surface area contributed by atoms with Crippen LogP contribution in [0.5, 0.6) is 0 Å². The number of rotatable bonds is 20. The molecule has 4 rings (SSSR count). The minimum absolute atomic E-state index is 0.00828. The highest BCUT2D eigenvalue weighted by Gasteiger charge is 2.49. The molecule has 2 saturated heterocycles. The van der Waals surface area contributed by atoms with Gasteiger partial charge in [-0.05, 0) is 45.3 Å². The largest absolute Gasteiger partial charge is 0.490 e. The molecule has 0 saturated carbocycles. The topological polar surface area (TPSA) is 366 Å². The molecular formula is C31H58N7O20P3. The zero-order valence-corrected chi connectivity index (χ0v) is 37.3. The molecule has 27 nitrogen and oxygen atoms in total. The van der Waals surface area contributed by atoms with Gasteiger partial charge in [0.05, 0.1) is 20.3 Å². The quantitative estimate of drug-likeness (QED) is 0.0572. The third-order valence-electron chi connectivity index (χ3n) is 9.01. The number of anilines is 1. The normalized spacial score (nSPS) is 26.7. The van der Waals surface area contributed by atoms with Crippen LogP contribution in [0.4, 0.5) is 5.82 Å². The molecule has 0 aliphatic carbocycles. The van der Waals surface area contributed by atoms with Crippen LogP contribution in [-0.2, 0) is 45.7 Å². The second-order valence-electron chi connectivity index (χ2n) is 12.8. The van der Waals surface area contributed by atoms with Crippen LogP contribution >= 0.6 is 23.5 Å². The van der Waals surface area contributed by atoms with Crippen molar-refractivity contribution in [2.75, 3.05) is 65.1 Å². The van der Waals surface area contributed by atoms with Gasteiger partial charge in [0.25, 0.3) is 5.56 Å². The highest BCUT2D eigenvalue weighted by atomic mass is 31.3. The van der Waals surface area contributed by atoms with Crippen LogP contribution in [0.25, 0.3) is 0 Å². The maximum Gasteiger partial charge on any atom is 0.490 e. The first-order valence-corrected chi connectivity index (χ1v) is 23.4. The van der Waals surface area contributed by atoms with Crippen molar-refractivity contribution in [2.24, 2.45) is 0 Å². The molecule has 2 aliphatic heterocycles. The minimum Gasteiger partial charge on any atom is -0.387 e. The average molecular weight is 942 g/mol. The van der Waals surface area contributed by atoms with Crippen molar-refractivity contribution in [2.45, 2.75) is 90.6 Å². The second-order valence-corrected chi connectivity index (χ2v) is 17.5. The van der Waals surface area contributed by atoms with Gasteiger partial charge in [-0.15, -0.1) is 0 Å². The van der Waals surface area contributed by atoms with E-state index in [0.29, 0.717) is 4.57 Å². The molecule has 0 radical (unpaired) electrons. The van der Waals surface area contributed by atoms with Crippen LogP contribution in [0.3, 0.4) is 0 Å². The summed E-state index contributed by atoms with van der Waals surface area (Å²) in [7, 11) is -16.1. The van der Waals surface area contributed by atoms with E-state index in [1.54, 1.807) is 0 Å². The van der Waals surface area contributed by atoms with Crippen LogP contribution in [0, 0.1) is 0 Å².